The standard InChI is InChI=1S/C10H20N2/c1-2-9-5-8-12(9)10-3-6-11-7-4-10/h9-11H,2-8H2,1H3/t9-/m0/s1. The van der Waals surface area contributed by atoms with E-state index in [0.717, 1.165) is 12.1 Å². The highest BCUT2D eigenvalue weighted by Gasteiger charge is 2.32. The van der Waals surface area contributed by atoms with E-state index in [1.54, 1.807) is 0 Å². The maximum atomic E-state index is 3.42. The van der Waals surface area contributed by atoms with E-state index >= 15 is 0 Å². The number of hydrogen-bond acceptors (Lipinski definition) is 2. The van der Waals surface area contributed by atoms with Gasteiger partial charge in [-0.05, 0) is 38.8 Å². The van der Waals surface area contributed by atoms with E-state index in [2.05, 4.69) is 17.1 Å². The Bertz CT molecular complexity index is 139. The van der Waals surface area contributed by atoms with Gasteiger partial charge in [-0.25, -0.2) is 0 Å². The predicted molar refractivity (Wildman–Crippen MR) is 51.3 cm³/mol. The summed E-state index contributed by atoms with van der Waals surface area (Å²) in [7, 11) is 0. The molecule has 2 saturated heterocycles. The van der Waals surface area contributed by atoms with Crippen molar-refractivity contribution >= 4 is 0 Å². The third kappa shape index (κ3) is 1.50. The normalized spacial score (nSPS) is 33.2. The van der Waals surface area contributed by atoms with Crippen molar-refractivity contribution in [1.29, 1.82) is 0 Å². The van der Waals surface area contributed by atoms with Crippen molar-refractivity contribution in [3.8, 4) is 0 Å². The summed E-state index contributed by atoms with van der Waals surface area (Å²) >= 11 is 0. The molecule has 12 heavy (non-hydrogen) atoms. The first-order valence-electron chi connectivity index (χ1n) is 5.38. The Morgan fingerprint density at radius 3 is 2.50 bits per heavy atom. The van der Waals surface area contributed by atoms with Crippen LogP contribution in [-0.2, 0) is 0 Å². The average molecular weight is 168 g/mol. The fourth-order valence-corrected chi connectivity index (χ4v) is 2.52. The summed E-state index contributed by atoms with van der Waals surface area (Å²) in [6, 6.07) is 1.83. The third-order valence-corrected chi connectivity index (χ3v) is 3.44. The molecule has 1 N–H and O–H groups in total. The summed E-state index contributed by atoms with van der Waals surface area (Å²) in [4.78, 5) is 2.72. The smallest absolute Gasteiger partial charge is 0.0122 e. The van der Waals surface area contributed by atoms with Gasteiger partial charge in [0.05, 0.1) is 0 Å². The number of nitrogens with one attached hydrogen (secondary N) is 1. The number of rotatable bonds is 2. The van der Waals surface area contributed by atoms with Gasteiger partial charge in [0.15, 0.2) is 0 Å². The van der Waals surface area contributed by atoms with Gasteiger partial charge in [-0.2, -0.15) is 0 Å². The second-order valence-electron chi connectivity index (χ2n) is 4.07. The van der Waals surface area contributed by atoms with Crippen molar-refractivity contribution in [1.82, 2.24) is 10.2 Å². The van der Waals surface area contributed by atoms with Crippen LogP contribution < -0.4 is 5.32 Å². The highest BCUT2D eigenvalue weighted by atomic mass is 15.2. The van der Waals surface area contributed by atoms with Gasteiger partial charge in [0.2, 0.25) is 0 Å². The van der Waals surface area contributed by atoms with Crippen molar-refractivity contribution in [3.63, 3.8) is 0 Å². The Kier molecular flexibility index (Phi) is 2.66. The average Bonchev–Trinajstić information content (AvgIpc) is 2.05. The topological polar surface area (TPSA) is 15.3 Å². The molecule has 0 amide bonds. The van der Waals surface area contributed by atoms with Gasteiger partial charge in [-0.3, -0.25) is 4.90 Å². The number of hydrogen-bond donors (Lipinski definition) is 1. The predicted octanol–water partition coefficient (Wildman–Crippen LogP) is 1.22. The van der Waals surface area contributed by atoms with E-state index in [1.165, 1.54) is 45.3 Å². The van der Waals surface area contributed by atoms with Crippen LogP contribution in [0.2, 0.25) is 0 Å². The minimum absolute atomic E-state index is 0.907. The monoisotopic (exact) mass is 168 g/mol. The second-order valence-corrected chi connectivity index (χ2v) is 4.07. The molecule has 70 valence electrons. The molecule has 0 aromatic carbocycles. The zero-order valence-electron chi connectivity index (χ0n) is 8.05. The van der Waals surface area contributed by atoms with E-state index in [0.29, 0.717) is 0 Å². The molecule has 2 aliphatic heterocycles. The van der Waals surface area contributed by atoms with Crippen LogP contribution in [0.1, 0.15) is 32.6 Å². The van der Waals surface area contributed by atoms with E-state index in [9.17, 15) is 0 Å². The molecule has 2 heterocycles. The molecule has 0 saturated carbocycles. The highest BCUT2D eigenvalue weighted by molar-refractivity contribution is 4.89. The SMILES string of the molecule is CC[C@H]1CCN1C1CCNCC1. The summed E-state index contributed by atoms with van der Waals surface area (Å²) < 4.78 is 0. The van der Waals surface area contributed by atoms with Crippen LogP contribution in [0.25, 0.3) is 0 Å². The number of likely N-dealkylation sites (tertiary alicyclic amines) is 1. The molecule has 0 radical (unpaired) electrons. The van der Waals surface area contributed by atoms with Crippen LogP contribution in [0.4, 0.5) is 0 Å². The first kappa shape index (κ1) is 8.52. The van der Waals surface area contributed by atoms with Gasteiger partial charge in [0, 0.05) is 18.6 Å². The zero-order valence-corrected chi connectivity index (χ0v) is 8.05. The van der Waals surface area contributed by atoms with Crippen molar-refractivity contribution < 1.29 is 0 Å². The number of piperidine rings is 1. The van der Waals surface area contributed by atoms with Gasteiger partial charge >= 0.3 is 0 Å². The van der Waals surface area contributed by atoms with Crippen LogP contribution in [-0.4, -0.2) is 36.6 Å². The molecule has 0 unspecified atom stereocenters. The van der Waals surface area contributed by atoms with E-state index in [1.807, 2.05) is 0 Å². The minimum Gasteiger partial charge on any atom is -0.317 e. The van der Waals surface area contributed by atoms with Crippen molar-refractivity contribution in [2.24, 2.45) is 0 Å². The summed E-state index contributed by atoms with van der Waals surface area (Å²) in [6.45, 7) is 6.15. The molecular formula is C10H20N2. The first-order valence-corrected chi connectivity index (χ1v) is 5.38. The van der Waals surface area contributed by atoms with Crippen LogP contribution in [0.15, 0.2) is 0 Å². The quantitative estimate of drug-likeness (QED) is 0.667. The zero-order chi connectivity index (χ0) is 8.39. The molecular weight excluding hydrogens is 148 g/mol. The van der Waals surface area contributed by atoms with Crippen LogP contribution in [0, 0.1) is 0 Å². The highest BCUT2D eigenvalue weighted by Crippen LogP contribution is 2.26. The Hall–Kier alpha value is -0.0800. The van der Waals surface area contributed by atoms with Gasteiger partial charge in [0.25, 0.3) is 0 Å². The van der Waals surface area contributed by atoms with E-state index in [4.69, 9.17) is 0 Å². The van der Waals surface area contributed by atoms with Gasteiger partial charge in [0.1, 0.15) is 0 Å². The lowest BCUT2D eigenvalue weighted by Gasteiger charge is -2.47. The minimum atomic E-state index is 0.907. The van der Waals surface area contributed by atoms with Crippen molar-refractivity contribution in [3.05, 3.63) is 0 Å². The Morgan fingerprint density at radius 1 is 1.25 bits per heavy atom. The van der Waals surface area contributed by atoms with Crippen LogP contribution >= 0.6 is 0 Å². The van der Waals surface area contributed by atoms with Gasteiger partial charge < -0.3 is 5.32 Å². The van der Waals surface area contributed by atoms with Crippen LogP contribution in [0.5, 0.6) is 0 Å². The molecule has 2 rings (SSSR count). The molecule has 0 bridgehead atoms. The van der Waals surface area contributed by atoms with Crippen LogP contribution in [0.3, 0.4) is 0 Å². The molecule has 0 aromatic rings. The van der Waals surface area contributed by atoms with E-state index in [-0.39, 0.29) is 0 Å². The summed E-state index contributed by atoms with van der Waals surface area (Å²) in [5.41, 5.74) is 0. The van der Waals surface area contributed by atoms with Crippen molar-refractivity contribution in [2.45, 2.75) is 44.7 Å². The largest absolute Gasteiger partial charge is 0.317 e. The fourth-order valence-electron chi connectivity index (χ4n) is 2.52. The molecule has 1 atom stereocenters. The third-order valence-electron chi connectivity index (χ3n) is 3.44. The maximum Gasteiger partial charge on any atom is 0.0122 e. The molecule has 2 aliphatic rings. The lowest BCUT2D eigenvalue weighted by atomic mass is 9.93. The van der Waals surface area contributed by atoms with E-state index < -0.39 is 0 Å². The molecule has 0 aromatic heterocycles. The Balaban J connectivity index is 1.82. The van der Waals surface area contributed by atoms with Gasteiger partial charge in [-0.1, -0.05) is 6.92 Å². The molecule has 0 aliphatic carbocycles. The Labute approximate surface area is 75.3 Å². The van der Waals surface area contributed by atoms with Crippen molar-refractivity contribution in [2.75, 3.05) is 19.6 Å². The first-order chi connectivity index (χ1) is 5.92. The van der Waals surface area contributed by atoms with Gasteiger partial charge in [-0.15, -0.1) is 0 Å². The molecule has 0 spiro atoms. The molecule has 2 heteroatoms. The molecule has 2 nitrogen and oxygen atoms in total. The second kappa shape index (κ2) is 3.75. The Morgan fingerprint density at radius 2 is 2.00 bits per heavy atom. The summed E-state index contributed by atoms with van der Waals surface area (Å²) in [5, 5.41) is 3.42. The maximum absolute atomic E-state index is 3.42. The summed E-state index contributed by atoms with van der Waals surface area (Å²) in [6.07, 6.45) is 5.54. The lowest BCUT2D eigenvalue weighted by molar-refractivity contribution is 0.0250. The summed E-state index contributed by atoms with van der Waals surface area (Å²) in [5.74, 6) is 0. The fraction of sp³-hybridized carbons (Fsp3) is 1.00. The molecule has 2 fully saturated rings. The lowest BCUT2D eigenvalue weighted by Crippen LogP contribution is -2.55. The number of nitrogens with zero attached hydrogens (tertiary/aromatic N) is 1.